The number of allylic oxidation sites excluding steroid dienone is 1. The molecule has 66 valence electrons. The van der Waals surface area contributed by atoms with E-state index in [0.29, 0.717) is 0 Å². The summed E-state index contributed by atoms with van der Waals surface area (Å²) in [5.74, 6) is 2.62. The van der Waals surface area contributed by atoms with Crippen LogP contribution in [0.4, 0.5) is 0 Å². The van der Waals surface area contributed by atoms with Crippen LogP contribution >= 0.6 is 11.8 Å². The summed E-state index contributed by atoms with van der Waals surface area (Å²) in [6.45, 7) is 5.93. The third kappa shape index (κ3) is 10.1. The van der Waals surface area contributed by atoms with E-state index in [1.54, 1.807) is 0 Å². The first-order valence-electron chi connectivity index (χ1n) is 4.60. The highest BCUT2D eigenvalue weighted by molar-refractivity contribution is 7.99. The third-order valence-corrected chi connectivity index (χ3v) is 2.64. The highest BCUT2D eigenvalue weighted by Gasteiger charge is 1.88. The van der Waals surface area contributed by atoms with Gasteiger partial charge < -0.3 is 0 Å². The first kappa shape index (κ1) is 11.1. The molecule has 0 saturated heterocycles. The van der Waals surface area contributed by atoms with E-state index in [2.05, 4.69) is 25.3 Å². The highest BCUT2D eigenvalue weighted by Crippen LogP contribution is 2.08. The Kier molecular flexibility index (Phi) is 10.2. The molecule has 0 aliphatic carbocycles. The molecule has 0 N–H and O–H groups in total. The molecule has 0 saturated carbocycles. The second-order valence-corrected chi connectivity index (χ2v) is 4.08. The molecule has 0 aromatic heterocycles. The van der Waals surface area contributed by atoms with Gasteiger partial charge in [-0.05, 0) is 30.8 Å². The smallest absolute Gasteiger partial charge is 0.00676 e. The van der Waals surface area contributed by atoms with E-state index in [4.69, 9.17) is 0 Å². The first-order valence-corrected chi connectivity index (χ1v) is 5.76. The van der Waals surface area contributed by atoms with Gasteiger partial charge in [0.05, 0.1) is 0 Å². The molecule has 0 rings (SSSR count). The second-order valence-electron chi connectivity index (χ2n) is 2.69. The summed E-state index contributed by atoms with van der Waals surface area (Å²) in [6, 6.07) is 0. The molecule has 0 aliphatic heterocycles. The van der Waals surface area contributed by atoms with E-state index >= 15 is 0 Å². The van der Waals surface area contributed by atoms with E-state index in [0.717, 1.165) is 0 Å². The van der Waals surface area contributed by atoms with Crippen LogP contribution < -0.4 is 0 Å². The van der Waals surface area contributed by atoms with Crippen molar-refractivity contribution in [2.24, 2.45) is 0 Å². The predicted octanol–water partition coefficient (Wildman–Crippen LogP) is 3.88. The van der Waals surface area contributed by atoms with E-state index in [9.17, 15) is 0 Å². The number of thioether (sulfide) groups is 1. The molecule has 0 unspecified atom stereocenters. The summed E-state index contributed by atoms with van der Waals surface area (Å²) in [6.07, 6.45) is 8.73. The molecule has 0 spiro atoms. The lowest BCUT2D eigenvalue weighted by atomic mass is 10.2. The Hall–Kier alpha value is 0.0900. The fourth-order valence-electron chi connectivity index (χ4n) is 0.991. The van der Waals surface area contributed by atoms with Gasteiger partial charge in [-0.1, -0.05) is 25.8 Å². The molecule has 0 fully saturated rings. The van der Waals surface area contributed by atoms with Crippen LogP contribution in [0.2, 0.25) is 0 Å². The Labute approximate surface area is 75.5 Å². The number of unbranched alkanes of at least 4 members (excludes halogenated alkanes) is 4. The molecular formula is C10H20S. The molecule has 0 bridgehead atoms. The quantitative estimate of drug-likeness (QED) is 0.395. The maximum atomic E-state index is 3.70. The van der Waals surface area contributed by atoms with Crippen molar-refractivity contribution in [1.82, 2.24) is 0 Å². The second kappa shape index (κ2) is 10.1. The highest BCUT2D eigenvalue weighted by atomic mass is 32.2. The molecule has 11 heavy (non-hydrogen) atoms. The van der Waals surface area contributed by atoms with E-state index in [-0.39, 0.29) is 0 Å². The van der Waals surface area contributed by atoms with Gasteiger partial charge in [0.15, 0.2) is 0 Å². The SMILES string of the molecule is C=CCCCCCCSCC. The van der Waals surface area contributed by atoms with Gasteiger partial charge in [-0.25, -0.2) is 0 Å². The summed E-state index contributed by atoms with van der Waals surface area (Å²) >= 11 is 2.05. The van der Waals surface area contributed by atoms with Crippen molar-refractivity contribution in [1.29, 1.82) is 0 Å². The normalized spacial score (nSPS) is 9.91. The molecule has 0 radical (unpaired) electrons. The van der Waals surface area contributed by atoms with Crippen molar-refractivity contribution >= 4 is 11.8 Å². The van der Waals surface area contributed by atoms with Crippen LogP contribution in [-0.2, 0) is 0 Å². The monoisotopic (exact) mass is 172 g/mol. The molecule has 1 heteroatoms. The molecule has 0 aromatic carbocycles. The third-order valence-electron chi connectivity index (χ3n) is 1.65. The first-order chi connectivity index (χ1) is 5.41. The summed E-state index contributed by atoms with van der Waals surface area (Å²) in [4.78, 5) is 0. The molecule has 0 atom stereocenters. The maximum absolute atomic E-state index is 3.70. The van der Waals surface area contributed by atoms with Gasteiger partial charge in [0, 0.05) is 0 Å². The maximum Gasteiger partial charge on any atom is -0.00676 e. The number of rotatable bonds is 8. The van der Waals surface area contributed by atoms with Crippen LogP contribution in [0.1, 0.15) is 39.0 Å². The lowest BCUT2D eigenvalue weighted by Crippen LogP contribution is -1.81. The Bertz CT molecular complexity index is 78.9. The summed E-state index contributed by atoms with van der Waals surface area (Å²) in [7, 11) is 0. The Morgan fingerprint density at radius 2 is 1.91 bits per heavy atom. The lowest BCUT2D eigenvalue weighted by Gasteiger charge is -1.98. The fraction of sp³-hybridized carbons (Fsp3) is 0.800. The van der Waals surface area contributed by atoms with Gasteiger partial charge in [-0.2, -0.15) is 11.8 Å². The van der Waals surface area contributed by atoms with Crippen molar-refractivity contribution in [2.75, 3.05) is 11.5 Å². The summed E-state index contributed by atoms with van der Waals surface area (Å²) in [5.41, 5.74) is 0. The Balaban J connectivity index is 2.74. The summed E-state index contributed by atoms with van der Waals surface area (Å²) < 4.78 is 0. The number of hydrogen-bond donors (Lipinski definition) is 0. The standard InChI is InChI=1S/C10H20S/c1-3-5-6-7-8-9-10-11-4-2/h3H,1,4-10H2,2H3. The predicted molar refractivity (Wildman–Crippen MR) is 56.3 cm³/mol. The van der Waals surface area contributed by atoms with Crippen molar-refractivity contribution < 1.29 is 0 Å². The van der Waals surface area contributed by atoms with Crippen LogP contribution in [0.3, 0.4) is 0 Å². The average molecular weight is 172 g/mol. The topological polar surface area (TPSA) is 0 Å². The zero-order valence-electron chi connectivity index (χ0n) is 7.64. The Morgan fingerprint density at radius 1 is 1.18 bits per heavy atom. The zero-order valence-corrected chi connectivity index (χ0v) is 8.46. The molecule has 0 amide bonds. The van der Waals surface area contributed by atoms with Gasteiger partial charge >= 0.3 is 0 Å². The van der Waals surface area contributed by atoms with E-state index < -0.39 is 0 Å². The van der Waals surface area contributed by atoms with Crippen LogP contribution in [0.15, 0.2) is 12.7 Å². The minimum Gasteiger partial charge on any atom is -0.162 e. The fourth-order valence-corrected chi connectivity index (χ4v) is 1.69. The van der Waals surface area contributed by atoms with Crippen molar-refractivity contribution in [3.05, 3.63) is 12.7 Å². The van der Waals surface area contributed by atoms with Crippen LogP contribution in [-0.4, -0.2) is 11.5 Å². The molecular weight excluding hydrogens is 152 g/mol. The van der Waals surface area contributed by atoms with Gasteiger partial charge in [0.2, 0.25) is 0 Å². The Morgan fingerprint density at radius 3 is 2.55 bits per heavy atom. The van der Waals surface area contributed by atoms with Crippen molar-refractivity contribution in [3.8, 4) is 0 Å². The minimum absolute atomic E-state index is 1.20. The average Bonchev–Trinajstić information content (AvgIpc) is 2.03. The van der Waals surface area contributed by atoms with E-state index in [1.165, 1.54) is 43.6 Å². The molecule has 0 heterocycles. The van der Waals surface area contributed by atoms with Crippen LogP contribution in [0, 0.1) is 0 Å². The molecule has 0 aliphatic rings. The lowest BCUT2D eigenvalue weighted by molar-refractivity contribution is 0.678. The van der Waals surface area contributed by atoms with Gasteiger partial charge in [0.1, 0.15) is 0 Å². The van der Waals surface area contributed by atoms with Gasteiger partial charge in [0.25, 0.3) is 0 Å². The van der Waals surface area contributed by atoms with Crippen molar-refractivity contribution in [3.63, 3.8) is 0 Å². The largest absolute Gasteiger partial charge is 0.162 e. The van der Waals surface area contributed by atoms with Gasteiger partial charge in [-0.15, -0.1) is 6.58 Å². The molecule has 0 nitrogen and oxygen atoms in total. The van der Waals surface area contributed by atoms with Crippen molar-refractivity contribution in [2.45, 2.75) is 39.0 Å². The van der Waals surface area contributed by atoms with Gasteiger partial charge in [-0.3, -0.25) is 0 Å². The molecule has 0 aromatic rings. The minimum atomic E-state index is 1.20. The number of hydrogen-bond acceptors (Lipinski definition) is 1. The zero-order chi connectivity index (χ0) is 8.36. The van der Waals surface area contributed by atoms with Crippen LogP contribution in [0.25, 0.3) is 0 Å². The summed E-state index contributed by atoms with van der Waals surface area (Å²) in [5, 5.41) is 0. The van der Waals surface area contributed by atoms with E-state index in [1.807, 2.05) is 6.08 Å². The van der Waals surface area contributed by atoms with Crippen LogP contribution in [0.5, 0.6) is 0 Å².